The fourth-order valence-electron chi connectivity index (χ4n) is 1.59. The standard InChI is InChI=1S/C10H14N2O/c11-10(12)8-3-4-9-7(6-8)2-1-5-13-9/h3-4,6,10H,1-2,5,11-12H2. The Morgan fingerprint density at radius 3 is 2.92 bits per heavy atom. The summed E-state index contributed by atoms with van der Waals surface area (Å²) in [7, 11) is 0. The van der Waals surface area contributed by atoms with Gasteiger partial charge in [0.2, 0.25) is 0 Å². The van der Waals surface area contributed by atoms with Crippen LogP contribution >= 0.6 is 0 Å². The first-order valence-electron chi connectivity index (χ1n) is 4.54. The van der Waals surface area contributed by atoms with Crippen molar-refractivity contribution < 1.29 is 4.74 Å². The molecule has 0 unspecified atom stereocenters. The first kappa shape index (κ1) is 8.53. The van der Waals surface area contributed by atoms with Crippen molar-refractivity contribution in [3.63, 3.8) is 0 Å². The van der Waals surface area contributed by atoms with Gasteiger partial charge in [-0.05, 0) is 36.1 Å². The molecular formula is C10H14N2O. The summed E-state index contributed by atoms with van der Waals surface area (Å²) in [6, 6.07) is 5.92. The summed E-state index contributed by atoms with van der Waals surface area (Å²) in [5.74, 6) is 0.982. The van der Waals surface area contributed by atoms with Gasteiger partial charge in [-0.1, -0.05) is 6.07 Å². The zero-order chi connectivity index (χ0) is 9.26. The predicted octanol–water partition coefficient (Wildman–Crippen LogP) is 0.928. The maximum atomic E-state index is 5.58. The lowest BCUT2D eigenvalue weighted by atomic mass is 10.0. The van der Waals surface area contributed by atoms with Gasteiger partial charge >= 0.3 is 0 Å². The number of aryl methyl sites for hydroxylation is 1. The van der Waals surface area contributed by atoms with Gasteiger partial charge in [-0.3, -0.25) is 0 Å². The summed E-state index contributed by atoms with van der Waals surface area (Å²) in [5.41, 5.74) is 13.4. The molecule has 1 aromatic rings. The highest BCUT2D eigenvalue weighted by Crippen LogP contribution is 2.26. The number of ether oxygens (including phenoxy) is 1. The molecule has 13 heavy (non-hydrogen) atoms. The Morgan fingerprint density at radius 1 is 1.31 bits per heavy atom. The molecule has 4 N–H and O–H groups in total. The second-order valence-corrected chi connectivity index (χ2v) is 3.34. The van der Waals surface area contributed by atoms with Crippen LogP contribution in [0.25, 0.3) is 0 Å². The Hall–Kier alpha value is -1.06. The van der Waals surface area contributed by atoms with E-state index in [1.165, 1.54) is 5.56 Å². The Morgan fingerprint density at radius 2 is 2.15 bits per heavy atom. The number of hydrogen-bond donors (Lipinski definition) is 2. The van der Waals surface area contributed by atoms with Gasteiger partial charge in [0.1, 0.15) is 5.75 Å². The van der Waals surface area contributed by atoms with E-state index in [0.29, 0.717) is 0 Å². The van der Waals surface area contributed by atoms with Crippen molar-refractivity contribution in [1.82, 2.24) is 0 Å². The molecule has 2 rings (SSSR count). The number of rotatable bonds is 1. The van der Waals surface area contributed by atoms with Crippen molar-refractivity contribution in [2.45, 2.75) is 19.0 Å². The Balaban J connectivity index is 2.35. The highest BCUT2D eigenvalue weighted by atomic mass is 16.5. The molecule has 0 bridgehead atoms. The summed E-state index contributed by atoms with van der Waals surface area (Å²) in [6.45, 7) is 0.820. The normalized spacial score (nSPS) is 15.3. The average Bonchev–Trinajstić information content (AvgIpc) is 2.17. The van der Waals surface area contributed by atoms with Crippen LogP contribution in [-0.4, -0.2) is 6.61 Å². The van der Waals surface area contributed by atoms with Crippen LogP contribution in [0.15, 0.2) is 18.2 Å². The predicted molar refractivity (Wildman–Crippen MR) is 51.4 cm³/mol. The molecule has 3 nitrogen and oxygen atoms in total. The fraction of sp³-hybridized carbons (Fsp3) is 0.400. The van der Waals surface area contributed by atoms with Crippen LogP contribution < -0.4 is 16.2 Å². The smallest absolute Gasteiger partial charge is 0.122 e. The summed E-state index contributed by atoms with van der Waals surface area (Å²) in [5, 5.41) is 0. The maximum absolute atomic E-state index is 5.58. The second kappa shape index (κ2) is 3.36. The van der Waals surface area contributed by atoms with Crippen LogP contribution in [0.1, 0.15) is 23.7 Å². The molecule has 0 saturated carbocycles. The molecule has 3 heteroatoms. The maximum Gasteiger partial charge on any atom is 0.122 e. The van der Waals surface area contributed by atoms with Gasteiger partial charge in [-0.2, -0.15) is 0 Å². The lowest BCUT2D eigenvalue weighted by molar-refractivity contribution is 0.288. The molecule has 0 saturated heterocycles. The van der Waals surface area contributed by atoms with Crippen LogP contribution in [0.5, 0.6) is 5.75 Å². The van der Waals surface area contributed by atoms with Gasteiger partial charge in [-0.15, -0.1) is 0 Å². The van der Waals surface area contributed by atoms with Crippen molar-refractivity contribution in [2.75, 3.05) is 6.61 Å². The highest BCUT2D eigenvalue weighted by molar-refractivity contribution is 5.39. The van der Waals surface area contributed by atoms with Gasteiger partial charge in [0, 0.05) is 0 Å². The van der Waals surface area contributed by atoms with E-state index < -0.39 is 0 Å². The minimum absolute atomic E-state index is 0.382. The SMILES string of the molecule is NC(N)c1ccc2c(c1)CCCO2. The van der Waals surface area contributed by atoms with E-state index in [0.717, 1.165) is 30.8 Å². The molecule has 0 atom stereocenters. The molecule has 0 amide bonds. The van der Waals surface area contributed by atoms with Crippen LogP contribution in [-0.2, 0) is 6.42 Å². The van der Waals surface area contributed by atoms with Gasteiger partial charge in [0.05, 0.1) is 12.8 Å². The van der Waals surface area contributed by atoms with E-state index in [4.69, 9.17) is 16.2 Å². The van der Waals surface area contributed by atoms with Crippen LogP contribution in [0.3, 0.4) is 0 Å². The second-order valence-electron chi connectivity index (χ2n) is 3.34. The molecule has 70 valence electrons. The van der Waals surface area contributed by atoms with Crippen molar-refractivity contribution in [3.8, 4) is 5.75 Å². The topological polar surface area (TPSA) is 61.3 Å². The first-order chi connectivity index (χ1) is 6.27. The molecule has 0 spiro atoms. The third-order valence-electron chi connectivity index (χ3n) is 2.32. The number of hydrogen-bond acceptors (Lipinski definition) is 3. The molecule has 0 aromatic heterocycles. The third-order valence-corrected chi connectivity index (χ3v) is 2.32. The highest BCUT2D eigenvalue weighted by Gasteiger charge is 2.11. The summed E-state index contributed by atoms with van der Waals surface area (Å²) < 4.78 is 5.48. The van der Waals surface area contributed by atoms with E-state index in [1.807, 2.05) is 18.2 Å². The monoisotopic (exact) mass is 178 g/mol. The Bertz CT molecular complexity index is 310. The van der Waals surface area contributed by atoms with E-state index in [9.17, 15) is 0 Å². The zero-order valence-corrected chi connectivity index (χ0v) is 7.49. The third kappa shape index (κ3) is 1.66. The minimum atomic E-state index is -0.382. The fourth-order valence-corrected chi connectivity index (χ4v) is 1.59. The molecule has 1 aromatic carbocycles. The number of benzene rings is 1. The number of nitrogens with two attached hydrogens (primary N) is 2. The van der Waals surface area contributed by atoms with Gasteiger partial charge < -0.3 is 16.2 Å². The Kier molecular flexibility index (Phi) is 2.20. The van der Waals surface area contributed by atoms with Crippen molar-refractivity contribution in [1.29, 1.82) is 0 Å². The molecule has 0 fully saturated rings. The average molecular weight is 178 g/mol. The van der Waals surface area contributed by atoms with Gasteiger partial charge in [0.15, 0.2) is 0 Å². The van der Waals surface area contributed by atoms with Crippen LogP contribution in [0.4, 0.5) is 0 Å². The van der Waals surface area contributed by atoms with Crippen LogP contribution in [0, 0.1) is 0 Å². The lowest BCUT2D eigenvalue weighted by Crippen LogP contribution is -2.20. The quantitative estimate of drug-likeness (QED) is 0.629. The zero-order valence-electron chi connectivity index (χ0n) is 7.49. The number of fused-ring (bicyclic) bond motifs is 1. The van der Waals surface area contributed by atoms with E-state index in [2.05, 4.69) is 0 Å². The lowest BCUT2D eigenvalue weighted by Gasteiger charge is -2.18. The van der Waals surface area contributed by atoms with Gasteiger partial charge in [0.25, 0.3) is 0 Å². The van der Waals surface area contributed by atoms with E-state index >= 15 is 0 Å². The molecule has 0 aliphatic carbocycles. The van der Waals surface area contributed by atoms with Crippen LogP contribution in [0.2, 0.25) is 0 Å². The van der Waals surface area contributed by atoms with E-state index in [1.54, 1.807) is 0 Å². The van der Waals surface area contributed by atoms with E-state index in [-0.39, 0.29) is 6.17 Å². The molecule has 1 heterocycles. The molecule has 1 aliphatic rings. The first-order valence-corrected chi connectivity index (χ1v) is 4.54. The van der Waals surface area contributed by atoms with Crippen molar-refractivity contribution in [3.05, 3.63) is 29.3 Å². The molecule has 0 radical (unpaired) electrons. The molecule has 1 aliphatic heterocycles. The summed E-state index contributed by atoms with van der Waals surface area (Å²) >= 11 is 0. The Labute approximate surface area is 77.7 Å². The van der Waals surface area contributed by atoms with Gasteiger partial charge in [-0.25, -0.2) is 0 Å². The summed E-state index contributed by atoms with van der Waals surface area (Å²) in [6.07, 6.45) is 1.76. The van der Waals surface area contributed by atoms with Crippen molar-refractivity contribution >= 4 is 0 Å². The molecular weight excluding hydrogens is 164 g/mol. The largest absolute Gasteiger partial charge is 0.493 e. The van der Waals surface area contributed by atoms with Crippen molar-refractivity contribution in [2.24, 2.45) is 11.5 Å². The minimum Gasteiger partial charge on any atom is -0.493 e. The summed E-state index contributed by atoms with van der Waals surface area (Å²) in [4.78, 5) is 0.